The first-order valence-electron chi connectivity index (χ1n) is 5.99. The van der Waals surface area contributed by atoms with Crippen molar-refractivity contribution in [1.82, 2.24) is 9.78 Å². The van der Waals surface area contributed by atoms with Crippen LogP contribution in [-0.2, 0) is 6.54 Å². The molecule has 0 amide bonds. The van der Waals surface area contributed by atoms with Crippen molar-refractivity contribution in [2.75, 3.05) is 11.9 Å². The van der Waals surface area contributed by atoms with Crippen molar-refractivity contribution in [2.24, 2.45) is 5.41 Å². The van der Waals surface area contributed by atoms with E-state index in [1.54, 1.807) is 0 Å². The van der Waals surface area contributed by atoms with E-state index in [1.807, 2.05) is 17.1 Å². The van der Waals surface area contributed by atoms with Gasteiger partial charge >= 0.3 is 0 Å². The third-order valence-electron chi connectivity index (χ3n) is 3.30. The first kappa shape index (κ1) is 12.0. The lowest BCUT2D eigenvalue weighted by atomic mass is 9.71. The lowest BCUT2D eigenvalue weighted by Crippen LogP contribution is -2.37. The summed E-state index contributed by atoms with van der Waals surface area (Å²) in [5, 5.41) is 5.30. The van der Waals surface area contributed by atoms with Crippen LogP contribution in [0.2, 0.25) is 0 Å². The van der Waals surface area contributed by atoms with E-state index < -0.39 is 0 Å². The van der Waals surface area contributed by atoms with Crippen LogP contribution in [0.15, 0.2) is 12.4 Å². The third-order valence-corrected chi connectivity index (χ3v) is 4.49. The number of hydrogen-bond donors (Lipinski definition) is 0. The normalized spacial score (nSPS) is 18.1. The van der Waals surface area contributed by atoms with Crippen molar-refractivity contribution in [2.45, 2.75) is 39.2 Å². The molecule has 0 N–H and O–H groups in total. The average molecular weight is 287 g/mol. The highest BCUT2D eigenvalue weighted by molar-refractivity contribution is 9.09. The predicted octanol–water partition coefficient (Wildman–Crippen LogP) is 3.24. The molecule has 0 spiro atoms. The summed E-state index contributed by atoms with van der Waals surface area (Å²) in [5.74, 6) is 0.903. The van der Waals surface area contributed by atoms with Crippen LogP contribution in [0, 0.1) is 5.41 Å². The molecule has 0 atom stereocenters. The maximum absolute atomic E-state index is 5.82. The zero-order chi connectivity index (χ0) is 11.4. The summed E-state index contributed by atoms with van der Waals surface area (Å²) in [5.41, 5.74) is 0.382. The van der Waals surface area contributed by atoms with Crippen LogP contribution in [0.25, 0.3) is 0 Å². The van der Waals surface area contributed by atoms with E-state index in [9.17, 15) is 0 Å². The summed E-state index contributed by atoms with van der Waals surface area (Å²) < 4.78 is 7.76. The maximum Gasteiger partial charge on any atom is 0.157 e. The number of aromatic nitrogens is 2. The Labute approximate surface area is 105 Å². The van der Waals surface area contributed by atoms with Crippen molar-refractivity contribution in [3.05, 3.63) is 12.4 Å². The molecular formula is C12H19BrN2O. The van der Waals surface area contributed by atoms with E-state index >= 15 is 0 Å². The van der Waals surface area contributed by atoms with Crippen molar-refractivity contribution in [1.29, 1.82) is 0 Å². The molecule has 1 aliphatic carbocycles. The summed E-state index contributed by atoms with van der Waals surface area (Å²) >= 11 is 3.59. The molecular weight excluding hydrogens is 268 g/mol. The van der Waals surface area contributed by atoms with E-state index in [2.05, 4.69) is 28.0 Å². The molecule has 1 heterocycles. The molecule has 0 radical (unpaired) electrons. The Morgan fingerprint density at radius 3 is 2.94 bits per heavy atom. The Morgan fingerprint density at radius 1 is 1.56 bits per heavy atom. The molecule has 90 valence electrons. The molecule has 1 fully saturated rings. The number of aryl methyl sites for hydroxylation is 1. The second-order valence-electron chi connectivity index (χ2n) is 4.71. The highest BCUT2D eigenvalue weighted by Crippen LogP contribution is 2.42. The Morgan fingerprint density at radius 2 is 2.38 bits per heavy atom. The summed E-state index contributed by atoms with van der Waals surface area (Å²) in [6.07, 6.45) is 8.81. The fourth-order valence-electron chi connectivity index (χ4n) is 2.00. The third kappa shape index (κ3) is 2.59. The van der Waals surface area contributed by atoms with E-state index in [4.69, 9.17) is 4.74 Å². The molecule has 0 aromatic carbocycles. The maximum atomic E-state index is 5.82. The topological polar surface area (TPSA) is 27.1 Å². The molecule has 3 nitrogen and oxygen atoms in total. The van der Waals surface area contributed by atoms with Gasteiger partial charge < -0.3 is 4.74 Å². The van der Waals surface area contributed by atoms with Gasteiger partial charge in [0.15, 0.2) is 5.75 Å². The van der Waals surface area contributed by atoms with Crippen molar-refractivity contribution >= 4 is 15.9 Å². The largest absolute Gasteiger partial charge is 0.490 e. The summed E-state index contributed by atoms with van der Waals surface area (Å²) in [7, 11) is 0. The molecule has 1 aliphatic rings. The van der Waals surface area contributed by atoms with Crippen LogP contribution < -0.4 is 4.74 Å². The number of hydrogen-bond acceptors (Lipinski definition) is 2. The SMILES string of the molecule is CCCn1cc(OCC2(CBr)CCC2)cn1. The molecule has 4 heteroatoms. The Balaban J connectivity index is 1.84. The van der Waals surface area contributed by atoms with Crippen molar-refractivity contribution in [3.8, 4) is 5.75 Å². The Hall–Kier alpha value is -0.510. The van der Waals surface area contributed by atoms with E-state index in [0.29, 0.717) is 5.41 Å². The number of alkyl halides is 1. The minimum Gasteiger partial charge on any atom is -0.490 e. The van der Waals surface area contributed by atoms with E-state index in [0.717, 1.165) is 30.7 Å². The molecule has 1 aromatic rings. The smallest absolute Gasteiger partial charge is 0.157 e. The number of nitrogens with zero attached hydrogens (tertiary/aromatic N) is 2. The molecule has 0 aliphatic heterocycles. The van der Waals surface area contributed by atoms with Gasteiger partial charge in [0.2, 0.25) is 0 Å². The minimum atomic E-state index is 0.382. The quantitative estimate of drug-likeness (QED) is 0.751. The second-order valence-corrected chi connectivity index (χ2v) is 5.28. The number of rotatable bonds is 6. The first-order valence-corrected chi connectivity index (χ1v) is 7.11. The number of halogens is 1. The molecule has 16 heavy (non-hydrogen) atoms. The fraction of sp³-hybridized carbons (Fsp3) is 0.750. The van der Waals surface area contributed by atoms with Crippen LogP contribution in [0.1, 0.15) is 32.6 Å². The molecule has 0 unspecified atom stereocenters. The van der Waals surface area contributed by atoms with Crippen LogP contribution in [0.4, 0.5) is 0 Å². The monoisotopic (exact) mass is 286 g/mol. The highest BCUT2D eigenvalue weighted by atomic mass is 79.9. The highest BCUT2D eigenvalue weighted by Gasteiger charge is 2.36. The molecule has 1 saturated carbocycles. The summed E-state index contributed by atoms with van der Waals surface area (Å²) in [6, 6.07) is 0. The van der Waals surface area contributed by atoms with Crippen LogP contribution >= 0.6 is 15.9 Å². The van der Waals surface area contributed by atoms with Crippen molar-refractivity contribution in [3.63, 3.8) is 0 Å². The lowest BCUT2D eigenvalue weighted by molar-refractivity contribution is 0.0837. The van der Waals surface area contributed by atoms with Gasteiger partial charge in [-0.2, -0.15) is 5.10 Å². The van der Waals surface area contributed by atoms with Gasteiger partial charge in [-0.15, -0.1) is 0 Å². The molecule has 2 rings (SSSR count). The van der Waals surface area contributed by atoms with Gasteiger partial charge in [0.25, 0.3) is 0 Å². The summed E-state index contributed by atoms with van der Waals surface area (Å²) in [6.45, 7) is 3.93. The average Bonchev–Trinajstić information content (AvgIpc) is 2.66. The van der Waals surface area contributed by atoms with Crippen LogP contribution in [-0.4, -0.2) is 21.7 Å². The fourth-order valence-corrected chi connectivity index (χ4v) is 2.72. The van der Waals surface area contributed by atoms with Gasteiger partial charge in [-0.05, 0) is 19.3 Å². The van der Waals surface area contributed by atoms with Gasteiger partial charge in [-0.25, -0.2) is 0 Å². The first-order chi connectivity index (χ1) is 7.78. The molecule has 1 aromatic heterocycles. The number of ether oxygens (including phenoxy) is 1. The van der Waals surface area contributed by atoms with Crippen LogP contribution in [0.3, 0.4) is 0 Å². The zero-order valence-electron chi connectivity index (χ0n) is 9.79. The molecule has 0 saturated heterocycles. The van der Waals surface area contributed by atoms with Gasteiger partial charge in [-0.1, -0.05) is 29.3 Å². The zero-order valence-corrected chi connectivity index (χ0v) is 11.4. The Bertz CT molecular complexity index is 328. The Kier molecular flexibility index (Phi) is 3.90. The lowest BCUT2D eigenvalue weighted by Gasteiger charge is -2.39. The predicted molar refractivity (Wildman–Crippen MR) is 68.1 cm³/mol. The van der Waals surface area contributed by atoms with Crippen LogP contribution in [0.5, 0.6) is 5.75 Å². The molecule has 0 bridgehead atoms. The van der Waals surface area contributed by atoms with E-state index in [1.165, 1.54) is 19.3 Å². The standard InChI is InChI=1S/C12H19BrN2O/c1-2-6-15-8-11(7-14-15)16-10-12(9-13)4-3-5-12/h7-8H,2-6,9-10H2,1H3. The van der Waals surface area contributed by atoms with Crippen molar-refractivity contribution < 1.29 is 4.74 Å². The second kappa shape index (κ2) is 5.21. The minimum absolute atomic E-state index is 0.382. The summed E-state index contributed by atoms with van der Waals surface area (Å²) in [4.78, 5) is 0. The van der Waals surface area contributed by atoms with E-state index in [-0.39, 0.29) is 0 Å². The van der Waals surface area contributed by atoms with Gasteiger partial charge in [0, 0.05) is 17.3 Å². The van der Waals surface area contributed by atoms with Gasteiger partial charge in [0.1, 0.15) is 0 Å². The van der Waals surface area contributed by atoms with Gasteiger partial charge in [0.05, 0.1) is 19.0 Å². The van der Waals surface area contributed by atoms with Gasteiger partial charge in [-0.3, -0.25) is 4.68 Å².